The van der Waals surface area contributed by atoms with E-state index in [2.05, 4.69) is 10.5 Å². The van der Waals surface area contributed by atoms with Crippen LogP contribution in [0, 0.1) is 0 Å². The summed E-state index contributed by atoms with van der Waals surface area (Å²) in [6.07, 6.45) is -1.29. The topological polar surface area (TPSA) is 128 Å². The summed E-state index contributed by atoms with van der Waals surface area (Å²) in [5.41, 5.74) is -0.243. The number of hydrogen-bond donors (Lipinski definition) is 2. The number of aliphatic hydroxyl groups is 1. The van der Waals surface area contributed by atoms with Crippen LogP contribution in [-0.2, 0) is 29.5 Å². The quantitative estimate of drug-likeness (QED) is 0.685. The van der Waals surface area contributed by atoms with Gasteiger partial charge in [0, 0.05) is 11.5 Å². The minimum Gasteiger partial charge on any atom is -0.392 e. The lowest BCUT2D eigenvalue weighted by Crippen LogP contribution is -2.48. The zero-order valence-corrected chi connectivity index (χ0v) is 17.1. The predicted molar refractivity (Wildman–Crippen MR) is 98.3 cm³/mol. The zero-order chi connectivity index (χ0) is 20.5. The largest absolute Gasteiger partial charge is 0.392 e. The molecule has 1 amide bonds. The summed E-state index contributed by atoms with van der Waals surface area (Å²) in [4.78, 5) is 12.6. The molecule has 1 aromatic heterocycles. The molecule has 154 valence electrons. The Labute approximate surface area is 159 Å². The highest BCUT2D eigenvalue weighted by molar-refractivity contribution is 7.93. The van der Waals surface area contributed by atoms with E-state index in [0.29, 0.717) is 18.9 Å². The number of carbonyl (C=O) groups is 1. The van der Waals surface area contributed by atoms with Crippen molar-refractivity contribution in [1.82, 2.24) is 5.16 Å². The number of carbonyl (C=O) groups excluding carboxylic acids is 1. The Morgan fingerprint density at radius 2 is 2.04 bits per heavy atom. The maximum Gasteiger partial charge on any atom is 0.247 e. The monoisotopic (exact) mass is 404 g/mol. The van der Waals surface area contributed by atoms with Crippen molar-refractivity contribution in [2.75, 3.05) is 30.9 Å². The Hall–Kier alpha value is -1.49. The maximum atomic E-state index is 12.7. The van der Waals surface area contributed by atoms with Crippen molar-refractivity contribution >= 4 is 21.6 Å². The second-order valence-corrected chi connectivity index (χ2v) is 10.4. The van der Waals surface area contributed by atoms with E-state index < -0.39 is 38.1 Å². The SMILES string of the molecule is C[C@H](O)C(C)(C)c1cc(NC(=O)C(C)(C)S(=O)(=O)CC2COCCO2)on1. The van der Waals surface area contributed by atoms with E-state index in [9.17, 15) is 18.3 Å². The van der Waals surface area contributed by atoms with Gasteiger partial charge in [-0.25, -0.2) is 8.42 Å². The highest BCUT2D eigenvalue weighted by atomic mass is 32.2. The van der Waals surface area contributed by atoms with Gasteiger partial charge in [0.1, 0.15) is 4.75 Å². The molecule has 0 spiro atoms. The third kappa shape index (κ3) is 4.68. The van der Waals surface area contributed by atoms with Crippen LogP contribution >= 0.6 is 0 Å². The number of anilines is 1. The second-order valence-electron chi connectivity index (χ2n) is 7.79. The first-order valence-electron chi connectivity index (χ1n) is 8.76. The van der Waals surface area contributed by atoms with Crippen molar-refractivity contribution < 1.29 is 32.3 Å². The highest BCUT2D eigenvalue weighted by Gasteiger charge is 2.44. The number of sulfone groups is 1. The van der Waals surface area contributed by atoms with Crippen LogP contribution < -0.4 is 5.32 Å². The van der Waals surface area contributed by atoms with Gasteiger partial charge in [-0.15, -0.1) is 0 Å². The summed E-state index contributed by atoms with van der Waals surface area (Å²) in [7, 11) is -3.83. The van der Waals surface area contributed by atoms with Crippen LogP contribution in [0.25, 0.3) is 0 Å². The lowest BCUT2D eigenvalue weighted by atomic mass is 9.84. The lowest BCUT2D eigenvalue weighted by molar-refractivity contribution is -0.118. The average Bonchev–Trinajstić information content (AvgIpc) is 3.04. The third-order valence-electron chi connectivity index (χ3n) is 5.07. The fourth-order valence-corrected chi connectivity index (χ4v) is 3.77. The number of aromatic nitrogens is 1. The van der Waals surface area contributed by atoms with Gasteiger partial charge in [-0.1, -0.05) is 19.0 Å². The maximum absolute atomic E-state index is 12.7. The molecule has 10 heteroatoms. The van der Waals surface area contributed by atoms with Crippen molar-refractivity contribution in [2.24, 2.45) is 0 Å². The molecule has 0 aliphatic carbocycles. The van der Waals surface area contributed by atoms with E-state index in [0.717, 1.165) is 0 Å². The Balaban J connectivity index is 2.10. The lowest BCUT2D eigenvalue weighted by Gasteiger charge is -2.28. The fourth-order valence-electron chi connectivity index (χ4n) is 2.34. The minimum atomic E-state index is -3.83. The van der Waals surface area contributed by atoms with E-state index in [4.69, 9.17) is 14.0 Å². The van der Waals surface area contributed by atoms with Crippen LogP contribution in [0.15, 0.2) is 10.6 Å². The molecule has 9 nitrogen and oxygen atoms in total. The van der Waals surface area contributed by atoms with Gasteiger partial charge < -0.3 is 19.1 Å². The molecule has 27 heavy (non-hydrogen) atoms. The fraction of sp³-hybridized carbons (Fsp3) is 0.765. The molecule has 1 aliphatic rings. The van der Waals surface area contributed by atoms with Gasteiger partial charge in [0.2, 0.25) is 11.8 Å². The van der Waals surface area contributed by atoms with Crippen molar-refractivity contribution in [3.63, 3.8) is 0 Å². The van der Waals surface area contributed by atoms with Crippen molar-refractivity contribution in [1.29, 1.82) is 0 Å². The molecular formula is C17H28N2O7S. The molecule has 0 bridgehead atoms. The Kier molecular flexibility index (Phi) is 6.35. The molecule has 1 unspecified atom stereocenters. The standard InChI is InChI=1S/C17H28N2O7S/c1-11(20)16(2,3)13-8-14(26-19-13)18-15(21)17(4,5)27(22,23)10-12-9-24-6-7-25-12/h8,11-12,20H,6-7,9-10H2,1-5H3,(H,18,21)/t11-,12?/m0/s1. The molecule has 1 aromatic rings. The van der Waals surface area contributed by atoms with Gasteiger partial charge in [0.05, 0.1) is 43.5 Å². The van der Waals surface area contributed by atoms with E-state index in [-0.39, 0.29) is 18.2 Å². The van der Waals surface area contributed by atoms with Gasteiger partial charge in [-0.05, 0) is 20.8 Å². The van der Waals surface area contributed by atoms with Crippen LogP contribution in [0.3, 0.4) is 0 Å². The number of ether oxygens (including phenoxy) is 2. The van der Waals surface area contributed by atoms with E-state index >= 15 is 0 Å². The minimum absolute atomic E-state index is 0.0178. The summed E-state index contributed by atoms with van der Waals surface area (Å²) < 4.78 is 39.4. The smallest absolute Gasteiger partial charge is 0.247 e. The molecular weight excluding hydrogens is 376 g/mol. The van der Waals surface area contributed by atoms with Gasteiger partial charge in [0.15, 0.2) is 9.84 Å². The van der Waals surface area contributed by atoms with E-state index in [1.165, 1.54) is 19.9 Å². The first kappa shape index (κ1) is 21.8. The highest BCUT2D eigenvalue weighted by Crippen LogP contribution is 2.29. The van der Waals surface area contributed by atoms with Crippen LogP contribution in [0.4, 0.5) is 5.88 Å². The number of hydrogen-bond acceptors (Lipinski definition) is 8. The first-order chi connectivity index (χ1) is 12.4. The summed E-state index contributed by atoms with van der Waals surface area (Å²) >= 11 is 0. The normalized spacial score (nSPS) is 20.3. The van der Waals surface area contributed by atoms with E-state index in [1.54, 1.807) is 20.8 Å². The van der Waals surface area contributed by atoms with Crippen LogP contribution in [0.2, 0.25) is 0 Å². The molecule has 0 saturated carbocycles. The number of rotatable bonds is 7. The molecule has 1 aliphatic heterocycles. The summed E-state index contributed by atoms with van der Waals surface area (Å²) in [5.74, 6) is -1.04. The Morgan fingerprint density at radius 1 is 1.37 bits per heavy atom. The summed E-state index contributed by atoms with van der Waals surface area (Å²) in [6, 6.07) is 1.48. The summed E-state index contributed by atoms with van der Waals surface area (Å²) in [6.45, 7) is 8.78. The Morgan fingerprint density at radius 3 is 2.59 bits per heavy atom. The molecule has 2 N–H and O–H groups in total. The van der Waals surface area contributed by atoms with E-state index in [1.807, 2.05) is 0 Å². The van der Waals surface area contributed by atoms with Gasteiger partial charge in [-0.3, -0.25) is 10.1 Å². The predicted octanol–water partition coefficient (Wildman–Crippen LogP) is 0.880. The molecule has 2 heterocycles. The zero-order valence-electron chi connectivity index (χ0n) is 16.3. The molecule has 0 aromatic carbocycles. The number of nitrogens with zero attached hydrogens (tertiary/aromatic N) is 1. The van der Waals surface area contributed by atoms with Gasteiger partial charge in [-0.2, -0.15) is 0 Å². The number of amides is 1. The van der Waals surface area contributed by atoms with Crippen molar-refractivity contribution in [3.05, 3.63) is 11.8 Å². The van der Waals surface area contributed by atoms with Gasteiger partial charge in [0.25, 0.3) is 0 Å². The number of nitrogens with one attached hydrogen (secondary N) is 1. The van der Waals surface area contributed by atoms with Crippen LogP contribution in [0.5, 0.6) is 0 Å². The average molecular weight is 404 g/mol. The second kappa shape index (κ2) is 7.86. The Bertz CT molecular complexity index is 762. The van der Waals surface area contributed by atoms with Crippen molar-refractivity contribution in [2.45, 2.75) is 57.0 Å². The molecule has 1 saturated heterocycles. The third-order valence-corrected chi connectivity index (χ3v) is 7.62. The molecule has 1 fully saturated rings. The molecule has 0 radical (unpaired) electrons. The van der Waals surface area contributed by atoms with Crippen LogP contribution in [-0.4, -0.2) is 67.1 Å². The van der Waals surface area contributed by atoms with Crippen molar-refractivity contribution in [3.8, 4) is 0 Å². The summed E-state index contributed by atoms with van der Waals surface area (Å²) in [5, 5.41) is 16.2. The molecule has 2 rings (SSSR count). The first-order valence-corrected chi connectivity index (χ1v) is 10.4. The van der Waals surface area contributed by atoms with Gasteiger partial charge >= 0.3 is 0 Å². The molecule has 2 atom stereocenters. The number of aliphatic hydroxyl groups excluding tert-OH is 1. The van der Waals surface area contributed by atoms with Crippen LogP contribution in [0.1, 0.15) is 40.3 Å².